The number of amides is 1. The average Bonchev–Trinajstić information content (AvgIpc) is 3.35. The Balaban J connectivity index is 1.59. The average molecular weight is 464 g/mol. The zero-order valence-corrected chi connectivity index (χ0v) is 18.4. The van der Waals surface area contributed by atoms with Gasteiger partial charge in [-0.1, -0.05) is 37.3 Å². The first kappa shape index (κ1) is 23.0. The Morgan fingerprint density at radius 1 is 1.15 bits per heavy atom. The minimum Gasteiger partial charge on any atom is -0.504 e. The second-order valence-corrected chi connectivity index (χ2v) is 8.10. The number of pyridine rings is 1. The summed E-state index contributed by atoms with van der Waals surface area (Å²) in [6, 6.07) is 9.62. The Morgan fingerprint density at radius 3 is 2.53 bits per heavy atom. The molecule has 1 aromatic heterocycles. The Hall–Kier alpha value is -4.21. The standard InChI is InChI=1S/C24H24N4O6/c1-2-14(13-7-4-3-5-8-13)26-17-18(22(31)21(17)30)27-15-10-11-25-19(20(15)29)23(32)28-12-6-9-16(28)24(33)34/h3-5,7-8,10-11,14,16,26,29H,2,6,9,12H2,1H3,(H,25,27)(H,33,34). The topological polar surface area (TPSA) is 149 Å². The van der Waals surface area contributed by atoms with Crippen molar-refractivity contribution in [2.24, 2.45) is 0 Å². The Kier molecular flexibility index (Phi) is 6.31. The molecule has 0 aliphatic carbocycles. The summed E-state index contributed by atoms with van der Waals surface area (Å²) in [5.74, 6) is -2.37. The molecule has 2 heterocycles. The van der Waals surface area contributed by atoms with Crippen LogP contribution in [-0.4, -0.2) is 44.6 Å². The van der Waals surface area contributed by atoms with Crippen molar-refractivity contribution in [3.63, 3.8) is 0 Å². The van der Waals surface area contributed by atoms with Gasteiger partial charge in [-0.25, -0.2) is 9.78 Å². The number of hydrogen-bond donors (Lipinski definition) is 4. The molecule has 1 saturated heterocycles. The minimum atomic E-state index is -1.12. The molecule has 34 heavy (non-hydrogen) atoms. The van der Waals surface area contributed by atoms with Gasteiger partial charge in [0.05, 0.1) is 11.7 Å². The van der Waals surface area contributed by atoms with Crippen LogP contribution >= 0.6 is 0 Å². The molecule has 2 aromatic carbocycles. The summed E-state index contributed by atoms with van der Waals surface area (Å²) in [5.41, 5.74) is -0.737. The summed E-state index contributed by atoms with van der Waals surface area (Å²) >= 11 is 0. The van der Waals surface area contributed by atoms with Gasteiger partial charge in [0.15, 0.2) is 11.4 Å². The van der Waals surface area contributed by atoms with Gasteiger partial charge < -0.3 is 25.7 Å². The lowest BCUT2D eigenvalue weighted by Crippen LogP contribution is -2.40. The van der Waals surface area contributed by atoms with Gasteiger partial charge in [0.25, 0.3) is 16.8 Å². The van der Waals surface area contributed by atoms with Crippen LogP contribution in [0.3, 0.4) is 0 Å². The Labute approximate surface area is 194 Å². The van der Waals surface area contributed by atoms with Crippen molar-refractivity contribution in [1.82, 2.24) is 9.88 Å². The number of nitrogens with zero attached hydrogens (tertiary/aromatic N) is 2. The van der Waals surface area contributed by atoms with Crippen molar-refractivity contribution in [2.45, 2.75) is 38.3 Å². The highest BCUT2D eigenvalue weighted by molar-refractivity contribution is 5.99. The van der Waals surface area contributed by atoms with E-state index in [1.807, 2.05) is 37.3 Å². The van der Waals surface area contributed by atoms with Crippen molar-refractivity contribution >= 4 is 28.9 Å². The van der Waals surface area contributed by atoms with E-state index in [2.05, 4.69) is 15.6 Å². The van der Waals surface area contributed by atoms with Crippen molar-refractivity contribution in [3.8, 4) is 5.75 Å². The van der Waals surface area contributed by atoms with Gasteiger partial charge in [-0.15, -0.1) is 0 Å². The summed E-state index contributed by atoms with van der Waals surface area (Å²) in [6.45, 7) is 2.18. The van der Waals surface area contributed by atoms with Crippen LogP contribution in [0, 0.1) is 0 Å². The summed E-state index contributed by atoms with van der Waals surface area (Å²) in [5, 5.41) is 25.9. The van der Waals surface area contributed by atoms with E-state index in [0.29, 0.717) is 19.3 Å². The number of aliphatic carboxylic acids is 1. The fourth-order valence-corrected chi connectivity index (χ4v) is 4.18. The maximum atomic E-state index is 12.9. The highest BCUT2D eigenvalue weighted by atomic mass is 16.4. The van der Waals surface area contributed by atoms with Crippen LogP contribution in [-0.2, 0) is 4.79 Å². The minimum absolute atomic E-state index is 0.00679. The molecule has 1 aliphatic heterocycles. The van der Waals surface area contributed by atoms with E-state index in [1.165, 1.54) is 12.3 Å². The molecule has 1 aliphatic rings. The molecule has 4 rings (SSSR count). The summed E-state index contributed by atoms with van der Waals surface area (Å²) in [4.78, 5) is 54.0. The monoisotopic (exact) mass is 464 g/mol. The van der Waals surface area contributed by atoms with Crippen LogP contribution in [0.5, 0.6) is 5.75 Å². The maximum Gasteiger partial charge on any atom is 0.326 e. The number of carbonyl (C=O) groups is 2. The van der Waals surface area contributed by atoms with Gasteiger partial charge in [-0.3, -0.25) is 14.4 Å². The zero-order chi connectivity index (χ0) is 24.4. The van der Waals surface area contributed by atoms with Crippen LogP contribution in [0.2, 0.25) is 0 Å². The first-order valence-corrected chi connectivity index (χ1v) is 11.0. The third-order valence-electron chi connectivity index (χ3n) is 6.02. The van der Waals surface area contributed by atoms with Crippen LogP contribution in [0.15, 0.2) is 52.2 Å². The van der Waals surface area contributed by atoms with Gasteiger partial charge in [0.1, 0.15) is 17.4 Å². The van der Waals surface area contributed by atoms with E-state index < -0.39 is 34.5 Å². The van der Waals surface area contributed by atoms with Crippen molar-refractivity contribution < 1.29 is 19.8 Å². The largest absolute Gasteiger partial charge is 0.504 e. The van der Waals surface area contributed by atoms with Crippen molar-refractivity contribution in [3.05, 3.63) is 74.3 Å². The molecule has 0 spiro atoms. The predicted molar refractivity (Wildman–Crippen MR) is 125 cm³/mol. The fourth-order valence-electron chi connectivity index (χ4n) is 4.18. The molecule has 176 valence electrons. The number of nitrogens with one attached hydrogen (secondary N) is 2. The lowest BCUT2D eigenvalue weighted by molar-refractivity contribution is -0.141. The van der Waals surface area contributed by atoms with Gasteiger partial charge in [-0.05, 0) is 30.9 Å². The molecule has 10 heteroatoms. The maximum absolute atomic E-state index is 12.9. The second-order valence-electron chi connectivity index (χ2n) is 8.10. The van der Waals surface area contributed by atoms with Gasteiger partial charge in [0, 0.05) is 12.7 Å². The van der Waals surface area contributed by atoms with Crippen molar-refractivity contribution in [2.75, 3.05) is 17.2 Å². The van der Waals surface area contributed by atoms with E-state index in [0.717, 1.165) is 10.5 Å². The third kappa shape index (κ3) is 4.09. The second kappa shape index (κ2) is 9.34. The fraction of sp³-hybridized carbons (Fsp3) is 0.292. The molecule has 2 atom stereocenters. The van der Waals surface area contributed by atoms with Crippen LogP contribution in [0.4, 0.5) is 17.1 Å². The smallest absolute Gasteiger partial charge is 0.326 e. The zero-order valence-electron chi connectivity index (χ0n) is 18.4. The molecule has 0 saturated carbocycles. The number of likely N-dealkylation sites (tertiary alicyclic amines) is 1. The quantitative estimate of drug-likeness (QED) is 0.369. The van der Waals surface area contributed by atoms with E-state index in [4.69, 9.17) is 0 Å². The predicted octanol–water partition coefficient (Wildman–Crippen LogP) is 2.38. The Bertz CT molecular complexity index is 1300. The SMILES string of the molecule is CCC(Nc1c(Nc2ccnc(C(=O)N3CCCC3C(=O)O)c2O)c(=O)c1=O)c1ccccc1. The van der Waals surface area contributed by atoms with Crippen LogP contribution in [0.25, 0.3) is 0 Å². The molecule has 10 nitrogen and oxygen atoms in total. The van der Waals surface area contributed by atoms with Gasteiger partial charge >= 0.3 is 5.97 Å². The number of hydrogen-bond acceptors (Lipinski definition) is 8. The normalized spacial score (nSPS) is 16.4. The van der Waals surface area contributed by atoms with E-state index in [9.17, 15) is 29.4 Å². The molecule has 2 unspecified atom stereocenters. The highest BCUT2D eigenvalue weighted by Crippen LogP contribution is 2.33. The number of carboxylic acid groups (broad SMARTS) is 1. The number of rotatable bonds is 8. The van der Waals surface area contributed by atoms with E-state index in [1.54, 1.807) is 0 Å². The van der Waals surface area contributed by atoms with Gasteiger partial charge in [-0.2, -0.15) is 0 Å². The molecular weight excluding hydrogens is 440 g/mol. The van der Waals surface area contributed by atoms with Crippen LogP contribution < -0.4 is 21.5 Å². The molecule has 1 amide bonds. The Morgan fingerprint density at radius 2 is 1.85 bits per heavy atom. The van der Waals surface area contributed by atoms with E-state index in [-0.39, 0.29) is 35.3 Å². The lowest BCUT2D eigenvalue weighted by Gasteiger charge is -2.23. The number of aromatic nitrogens is 1. The van der Waals surface area contributed by atoms with Crippen LogP contribution in [0.1, 0.15) is 48.3 Å². The highest BCUT2D eigenvalue weighted by Gasteiger charge is 2.36. The van der Waals surface area contributed by atoms with E-state index >= 15 is 0 Å². The molecule has 0 radical (unpaired) electrons. The molecule has 1 fully saturated rings. The molecule has 4 N–H and O–H groups in total. The first-order valence-electron chi connectivity index (χ1n) is 11.0. The third-order valence-corrected chi connectivity index (χ3v) is 6.02. The number of carbonyl (C=O) groups excluding carboxylic acids is 1. The molecular formula is C24H24N4O6. The number of anilines is 3. The van der Waals surface area contributed by atoms with Crippen molar-refractivity contribution in [1.29, 1.82) is 0 Å². The number of aromatic hydroxyl groups is 1. The summed E-state index contributed by atoms with van der Waals surface area (Å²) < 4.78 is 0. The number of carboxylic acids is 1. The van der Waals surface area contributed by atoms with Gasteiger partial charge in [0.2, 0.25) is 0 Å². The first-order chi connectivity index (χ1) is 16.3. The molecule has 3 aromatic rings. The summed E-state index contributed by atoms with van der Waals surface area (Å²) in [7, 11) is 0. The number of benzene rings is 1. The molecule has 0 bridgehead atoms. The summed E-state index contributed by atoms with van der Waals surface area (Å²) in [6.07, 6.45) is 2.76. The lowest BCUT2D eigenvalue weighted by atomic mass is 10.0.